The molecular weight excluding hydrogens is 183 g/mol. The van der Waals surface area contributed by atoms with E-state index in [1.807, 2.05) is 20.8 Å². The Balaban J connectivity index is 3.28. The average Bonchev–Trinajstić information content (AvgIpc) is 1.81. The molecule has 0 spiro atoms. The third-order valence-corrected chi connectivity index (χ3v) is 1.12. The fourth-order valence-electron chi connectivity index (χ4n) is 0.629. The van der Waals surface area contributed by atoms with E-state index in [9.17, 15) is 13.2 Å². The van der Waals surface area contributed by atoms with Gasteiger partial charge >= 0.3 is 6.18 Å². The highest BCUT2D eigenvalue weighted by atomic mass is 19.4. The van der Waals surface area contributed by atoms with Crippen LogP contribution in [-0.4, -0.2) is 18.3 Å². The molecule has 0 radical (unpaired) electrons. The van der Waals surface area contributed by atoms with Crippen molar-refractivity contribution >= 4 is 0 Å². The van der Waals surface area contributed by atoms with E-state index in [1.165, 1.54) is 0 Å². The normalized spacial score (nSPS) is 13.4. The molecule has 0 aromatic rings. The van der Waals surface area contributed by atoms with Crippen molar-refractivity contribution in [3.63, 3.8) is 0 Å². The molecule has 0 aliphatic carbocycles. The van der Waals surface area contributed by atoms with Crippen molar-refractivity contribution in [2.75, 3.05) is 6.54 Å². The largest absolute Gasteiger partial charge is 0.389 e. The quantitative estimate of drug-likeness (QED) is 0.555. The van der Waals surface area contributed by atoms with E-state index in [2.05, 4.69) is 5.48 Å². The predicted molar refractivity (Wildman–Crippen MR) is 44.1 cm³/mol. The molecule has 0 rings (SSSR count). The summed E-state index contributed by atoms with van der Waals surface area (Å²) in [7, 11) is 0. The molecule has 0 fully saturated rings. The van der Waals surface area contributed by atoms with Crippen LogP contribution in [0.25, 0.3) is 0 Å². The summed E-state index contributed by atoms with van der Waals surface area (Å²) in [5.41, 5.74) is 2.14. The fourth-order valence-corrected chi connectivity index (χ4v) is 0.629. The van der Waals surface area contributed by atoms with Crippen molar-refractivity contribution in [1.29, 1.82) is 0 Å². The highest BCUT2D eigenvalue weighted by Gasteiger charge is 2.25. The zero-order valence-corrected chi connectivity index (χ0v) is 8.16. The Hall–Kier alpha value is -0.290. The van der Waals surface area contributed by atoms with Crippen molar-refractivity contribution in [3.8, 4) is 0 Å². The number of hydrogen-bond donors (Lipinski definition) is 1. The third kappa shape index (κ3) is 11.7. The molecule has 1 N–H and O–H groups in total. The Morgan fingerprint density at radius 1 is 1.15 bits per heavy atom. The molecular formula is C8H16F3NO. The molecule has 0 saturated carbocycles. The zero-order chi connectivity index (χ0) is 10.5. The van der Waals surface area contributed by atoms with Gasteiger partial charge in [-0.05, 0) is 27.2 Å². The molecule has 5 heteroatoms. The van der Waals surface area contributed by atoms with Crippen LogP contribution in [0.5, 0.6) is 0 Å². The molecule has 0 amide bonds. The first-order valence-corrected chi connectivity index (χ1v) is 4.18. The van der Waals surface area contributed by atoms with Crippen LogP contribution < -0.4 is 5.48 Å². The Bertz CT molecular complexity index is 123. The molecule has 0 bridgehead atoms. The van der Waals surface area contributed by atoms with Gasteiger partial charge in [0.15, 0.2) is 0 Å². The number of hydrogen-bond acceptors (Lipinski definition) is 2. The van der Waals surface area contributed by atoms with E-state index in [0.29, 0.717) is 0 Å². The average molecular weight is 199 g/mol. The molecule has 0 aliphatic heterocycles. The lowest BCUT2D eigenvalue weighted by Crippen LogP contribution is -2.30. The van der Waals surface area contributed by atoms with Crippen molar-refractivity contribution in [3.05, 3.63) is 0 Å². The Morgan fingerprint density at radius 2 is 1.69 bits per heavy atom. The van der Waals surface area contributed by atoms with Gasteiger partial charge in [0.25, 0.3) is 0 Å². The lowest BCUT2D eigenvalue weighted by atomic mass is 10.2. The van der Waals surface area contributed by atoms with E-state index in [1.54, 1.807) is 0 Å². The fraction of sp³-hybridized carbons (Fsp3) is 1.00. The molecule has 2 nitrogen and oxygen atoms in total. The van der Waals surface area contributed by atoms with Gasteiger partial charge in [0.05, 0.1) is 5.60 Å². The highest BCUT2D eigenvalue weighted by Crippen LogP contribution is 2.20. The van der Waals surface area contributed by atoms with Crippen LogP contribution in [0.1, 0.15) is 33.6 Å². The molecule has 0 saturated heterocycles. The Labute approximate surface area is 76.4 Å². The van der Waals surface area contributed by atoms with Crippen LogP contribution >= 0.6 is 0 Å². The van der Waals surface area contributed by atoms with Gasteiger partial charge in [0.1, 0.15) is 0 Å². The van der Waals surface area contributed by atoms with Crippen LogP contribution in [0.3, 0.4) is 0 Å². The van der Waals surface area contributed by atoms with Gasteiger partial charge in [-0.2, -0.15) is 13.2 Å². The van der Waals surface area contributed by atoms with Gasteiger partial charge in [-0.15, -0.1) is 0 Å². The number of rotatable bonds is 4. The van der Waals surface area contributed by atoms with E-state index >= 15 is 0 Å². The summed E-state index contributed by atoms with van der Waals surface area (Å²) in [5.74, 6) is 0. The van der Waals surface area contributed by atoms with Crippen molar-refractivity contribution in [1.82, 2.24) is 5.48 Å². The number of nitrogens with one attached hydrogen (secondary N) is 1. The van der Waals surface area contributed by atoms with Crippen molar-refractivity contribution in [2.45, 2.75) is 45.4 Å². The lowest BCUT2D eigenvalue weighted by Gasteiger charge is -2.19. The van der Waals surface area contributed by atoms with Gasteiger partial charge in [-0.1, -0.05) is 0 Å². The summed E-state index contributed by atoms with van der Waals surface area (Å²) in [6.07, 6.45) is -4.80. The predicted octanol–water partition coefficient (Wildman–Crippen LogP) is 2.65. The molecule has 0 heterocycles. The maximum Gasteiger partial charge on any atom is 0.389 e. The van der Waals surface area contributed by atoms with Crippen molar-refractivity contribution < 1.29 is 18.0 Å². The molecule has 0 aliphatic rings. The van der Waals surface area contributed by atoms with Gasteiger partial charge in [0.2, 0.25) is 0 Å². The van der Waals surface area contributed by atoms with Gasteiger partial charge in [0, 0.05) is 13.0 Å². The summed E-state index contributed by atoms with van der Waals surface area (Å²) < 4.78 is 34.9. The van der Waals surface area contributed by atoms with Gasteiger partial charge < -0.3 is 0 Å². The van der Waals surface area contributed by atoms with Crippen LogP contribution in [0.2, 0.25) is 0 Å². The second-order valence-electron chi connectivity index (χ2n) is 3.83. The minimum atomic E-state index is -4.07. The molecule has 13 heavy (non-hydrogen) atoms. The highest BCUT2D eigenvalue weighted by molar-refractivity contribution is 4.57. The van der Waals surface area contributed by atoms with Crippen LogP contribution in [0.15, 0.2) is 0 Å². The first-order chi connectivity index (χ1) is 5.71. The van der Waals surface area contributed by atoms with Crippen LogP contribution in [0.4, 0.5) is 13.2 Å². The van der Waals surface area contributed by atoms with E-state index in [-0.39, 0.29) is 18.6 Å². The number of hydroxylamine groups is 1. The SMILES string of the molecule is CC(C)(C)ONCCCC(F)(F)F. The van der Waals surface area contributed by atoms with E-state index < -0.39 is 12.6 Å². The number of halogens is 3. The van der Waals surface area contributed by atoms with Gasteiger partial charge in [-0.25, -0.2) is 5.48 Å². The Kier molecular flexibility index (Phi) is 4.70. The molecule has 0 atom stereocenters. The molecule has 0 unspecified atom stereocenters. The second kappa shape index (κ2) is 4.81. The van der Waals surface area contributed by atoms with Crippen LogP contribution in [-0.2, 0) is 4.84 Å². The summed E-state index contributed by atoms with van der Waals surface area (Å²) in [4.78, 5) is 5.03. The summed E-state index contributed by atoms with van der Waals surface area (Å²) in [6.45, 7) is 5.69. The summed E-state index contributed by atoms with van der Waals surface area (Å²) in [5, 5.41) is 0. The first-order valence-electron chi connectivity index (χ1n) is 4.18. The molecule has 0 aromatic heterocycles. The van der Waals surface area contributed by atoms with Crippen molar-refractivity contribution in [2.24, 2.45) is 0 Å². The first kappa shape index (κ1) is 12.7. The molecule has 0 aromatic carbocycles. The monoisotopic (exact) mass is 199 g/mol. The zero-order valence-electron chi connectivity index (χ0n) is 8.16. The van der Waals surface area contributed by atoms with Crippen LogP contribution in [0, 0.1) is 0 Å². The van der Waals surface area contributed by atoms with E-state index in [0.717, 1.165) is 0 Å². The lowest BCUT2D eigenvalue weighted by molar-refractivity contribution is -0.138. The van der Waals surface area contributed by atoms with Gasteiger partial charge in [-0.3, -0.25) is 4.84 Å². The maximum atomic E-state index is 11.6. The van der Waals surface area contributed by atoms with E-state index in [4.69, 9.17) is 4.84 Å². The third-order valence-electron chi connectivity index (χ3n) is 1.12. The maximum absolute atomic E-state index is 11.6. The standard InChI is InChI=1S/C8H16F3NO/c1-7(2,3)13-12-6-4-5-8(9,10)11/h12H,4-6H2,1-3H3. The minimum absolute atomic E-state index is 0.0413. The topological polar surface area (TPSA) is 21.3 Å². The smallest absolute Gasteiger partial charge is 0.296 e. The number of alkyl halides is 3. The minimum Gasteiger partial charge on any atom is -0.296 e. The Morgan fingerprint density at radius 3 is 2.08 bits per heavy atom. The summed E-state index contributed by atoms with van der Waals surface area (Å²) in [6, 6.07) is 0. The second-order valence-corrected chi connectivity index (χ2v) is 3.83. The molecule has 80 valence electrons. The summed E-state index contributed by atoms with van der Waals surface area (Å²) >= 11 is 0.